The Balaban J connectivity index is 2.09. The Morgan fingerprint density at radius 1 is 1.21 bits per heavy atom. The summed E-state index contributed by atoms with van der Waals surface area (Å²) >= 11 is 0. The summed E-state index contributed by atoms with van der Waals surface area (Å²) in [6.07, 6.45) is 2.64. The van der Waals surface area contributed by atoms with Gasteiger partial charge in [-0.25, -0.2) is 5.53 Å². The summed E-state index contributed by atoms with van der Waals surface area (Å²) in [5, 5.41) is 11.3. The maximum absolute atomic E-state index is 5.68. The molecule has 24 heavy (non-hydrogen) atoms. The van der Waals surface area contributed by atoms with Crippen molar-refractivity contribution in [1.82, 2.24) is 21.4 Å². The molecule has 2 aromatic rings. The van der Waals surface area contributed by atoms with E-state index in [1.165, 1.54) is 0 Å². The Kier molecular flexibility index (Phi) is 5.02. The predicted molar refractivity (Wildman–Crippen MR) is 94.9 cm³/mol. The van der Waals surface area contributed by atoms with E-state index in [-0.39, 0.29) is 6.04 Å². The molecule has 7 nitrogen and oxygen atoms in total. The van der Waals surface area contributed by atoms with Gasteiger partial charge in [-0.2, -0.15) is 5.10 Å². The molecule has 0 radical (unpaired) electrons. The highest BCUT2D eigenvalue weighted by molar-refractivity contribution is 5.90. The molecule has 0 saturated heterocycles. The van der Waals surface area contributed by atoms with E-state index in [0.29, 0.717) is 0 Å². The van der Waals surface area contributed by atoms with Gasteiger partial charge >= 0.3 is 0 Å². The molecule has 2 aromatic carbocycles. The second-order valence-electron chi connectivity index (χ2n) is 5.56. The van der Waals surface area contributed by atoms with Gasteiger partial charge in [0.25, 0.3) is 0 Å². The molecule has 0 aliphatic carbocycles. The standard InChI is InChI=1S/C17H23N5O2/c1-18-8-7-15(22-11-19-20-21-22)14-9-12-5-4-6-16(23-2)13(12)10-17(14)24-3/h4-6,9-11,15,18,20-21H,7-8H2,1-3H3. The molecule has 3 N–H and O–H groups in total. The minimum atomic E-state index is 0.0711. The average molecular weight is 329 g/mol. The molecule has 128 valence electrons. The number of hydrogen-bond donors (Lipinski definition) is 3. The van der Waals surface area contributed by atoms with Gasteiger partial charge in [0.05, 0.1) is 20.3 Å². The predicted octanol–water partition coefficient (Wildman–Crippen LogP) is 1.78. The number of methoxy groups -OCH3 is 2. The molecule has 0 saturated carbocycles. The molecule has 1 atom stereocenters. The number of hydrogen-bond acceptors (Lipinski definition) is 7. The van der Waals surface area contributed by atoms with Crippen LogP contribution in [0.25, 0.3) is 10.8 Å². The molecule has 0 amide bonds. The number of hydrazone groups is 1. The normalized spacial score (nSPS) is 14.7. The minimum absolute atomic E-state index is 0.0711. The smallest absolute Gasteiger partial charge is 0.129 e. The van der Waals surface area contributed by atoms with Crippen LogP contribution in [0.1, 0.15) is 18.0 Å². The summed E-state index contributed by atoms with van der Waals surface area (Å²) in [6.45, 7) is 0.871. The highest BCUT2D eigenvalue weighted by Gasteiger charge is 2.24. The Hall–Kier alpha value is -2.51. The lowest BCUT2D eigenvalue weighted by molar-refractivity contribution is 0.213. The van der Waals surface area contributed by atoms with Crippen LogP contribution in [-0.4, -0.2) is 39.2 Å². The fourth-order valence-electron chi connectivity index (χ4n) is 3.00. The summed E-state index contributed by atoms with van der Waals surface area (Å²) in [5.74, 6) is 1.67. The maximum atomic E-state index is 5.68. The van der Waals surface area contributed by atoms with E-state index in [2.05, 4.69) is 33.6 Å². The molecule has 0 bridgehead atoms. The van der Waals surface area contributed by atoms with Gasteiger partial charge in [0.2, 0.25) is 0 Å². The molecule has 1 aliphatic heterocycles. The third-order valence-electron chi connectivity index (χ3n) is 4.20. The van der Waals surface area contributed by atoms with E-state index >= 15 is 0 Å². The average Bonchev–Trinajstić information content (AvgIpc) is 3.15. The first-order valence-corrected chi connectivity index (χ1v) is 7.90. The molecule has 1 aliphatic rings. The first kappa shape index (κ1) is 16.4. The summed E-state index contributed by atoms with van der Waals surface area (Å²) in [5.41, 5.74) is 6.89. The third kappa shape index (κ3) is 3.08. The van der Waals surface area contributed by atoms with Crippen LogP contribution in [0.3, 0.4) is 0 Å². The second-order valence-corrected chi connectivity index (χ2v) is 5.56. The zero-order valence-corrected chi connectivity index (χ0v) is 14.2. The Morgan fingerprint density at radius 3 is 2.71 bits per heavy atom. The number of nitrogens with zero attached hydrogens (tertiary/aromatic N) is 2. The van der Waals surface area contributed by atoms with Crippen LogP contribution in [0.2, 0.25) is 0 Å². The van der Waals surface area contributed by atoms with Crippen LogP contribution >= 0.6 is 0 Å². The summed E-state index contributed by atoms with van der Waals surface area (Å²) in [6, 6.07) is 10.3. The van der Waals surface area contributed by atoms with E-state index in [1.54, 1.807) is 20.6 Å². The van der Waals surface area contributed by atoms with E-state index < -0.39 is 0 Å². The molecule has 3 rings (SSSR count). The molecule has 1 heterocycles. The zero-order chi connectivity index (χ0) is 16.9. The topological polar surface area (TPSA) is 70.1 Å². The molecule has 0 fully saturated rings. The van der Waals surface area contributed by atoms with Gasteiger partial charge < -0.3 is 14.8 Å². The Labute approximate surface area is 141 Å². The highest BCUT2D eigenvalue weighted by atomic mass is 16.5. The van der Waals surface area contributed by atoms with Crippen LogP contribution < -0.4 is 25.9 Å². The van der Waals surface area contributed by atoms with Crippen LogP contribution in [0.4, 0.5) is 0 Å². The summed E-state index contributed by atoms with van der Waals surface area (Å²) in [4.78, 5) is 0. The van der Waals surface area contributed by atoms with Crippen molar-refractivity contribution in [3.63, 3.8) is 0 Å². The molecule has 0 spiro atoms. The zero-order valence-electron chi connectivity index (χ0n) is 14.2. The van der Waals surface area contributed by atoms with E-state index in [4.69, 9.17) is 9.47 Å². The second kappa shape index (κ2) is 7.37. The van der Waals surface area contributed by atoms with Gasteiger partial charge in [-0.3, -0.25) is 5.01 Å². The van der Waals surface area contributed by atoms with Crippen molar-refractivity contribution in [1.29, 1.82) is 0 Å². The number of nitrogens with one attached hydrogen (secondary N) is 3. The van der Waals surface area contributed by atoms with Crippen LogP contribution in [0, 0.1) is 0 Å². The highest BCUT2D eigenvalue weighted by Crippen LogP contribution is 2.37. The maximum Gasteiger partial charge on any atom is 0.129 e. The Morgan fingerprint density at radius 2 is 2.04 bits per heavy atom. The van der Waals surface area contributed by atoms with Crippen molar-refractivity contribution in [3.8, 4) is 11.5 Å². The first-order chi connectivity index (χ1) is 11.8. The van der Waals surface area contributed by atoms with Crippen LogP contribution in [0.5, 0.6) is 11.5 Å². The van der Waals surface area contributed by atoms with Crippen LogP contribution in [0.15, 0.2) is 35.4 Å². The summed E-state index contributed by atoms with van der Waals surface area (Å²) < 4.78 is 11.2. The molecular weight excluding hydrogens is 306 g/mol. The lowest BCUT2D eigenvalue weighted by Gasteiger charge is -2.28. The van der Waals surface area contributed by atoms with Crippen molar-refractivity contribution in [2.45, 2.75) is 12.5 Å². The molecule has 7 heteroatoms. The van der Waals surface area contributed by atoms with E-state index in [0.717, 1.165) is 40.8 Å². The minimum Gasteiger partial charge on any atom is -0.496 e. The number of benzene rings is 2. The van der Waals surface area contributed by atoms with Crippen molar-refractivity contribution in [3.05, 3.63) is 35.9 Å². The van der Waals surface area contributed by atoms with Crippen molar-refractivity contribution < 1.29 is 9.47 Å². The largest absolute Gasteiger partial charge is 0.496 e. The van der Waals surface area contributed by atoms with Gasteiger partial charge in [-0.1, -0.05) is 12.1 Å². The number of rotatable bonds is 7. The lowest BCUT2D eigenvalue weighted by atomic mass is 9.97. The number of fused-ring (bicyclic) bond motifs is 1. The van der Waals surface area contributed by atoms with Crippen LogP contribution in [-0.2, 0) is 0 Å². The SMILES string of the molecule is CNCCC(c1cc2cccc(OC)c2cc1OC)N1C=NNN1. The van der Waals surface area contributed by atoms with Crippen molar-refractivity contribution in [2.24, 2.45) is 5.10 Å². The quantitative estimate of drug-likeness (QED) is 0.719. The van der Waals surface area contributed by atoms with Gasteiger partial charge in [-0.05, 0) is 43.6 Å². The van der Waals surface area contributed by atoms with Gasteiger partial charge in [0.1, 0.15) is 17.8 Å². The van der Waals surface area contributed by atoms with E-state index in [1.807, 2.05) is 30.3 Å². The monoisotopic (exact) mass is 329 g/mol. The third-order valence-corrected chi connectivity index (χ3v) is 4.20. The Bertz CT molecular complexity index is 734. The van der Waals surface area contributed by atoms with Crippen molar-refractivity contribution in [2.75, 3.05) is 27.8 Å². The first-order valence-electron chi connectivity index (χ1n) is 7.90. The fourth-order valence-corrected chi connectivity index (χ4v) is 3.00. The van der Waals surface area contributed by atoms with Gasteiger partial charge in [-0.15, -0.1) is 5.53 Å². The molecular formula is C17H23N5O2. The van der Waals surface area contributed by atoms with Crippen molar-refractivity contribution >= 4 is 17.1 Å². The lowest BCUT2D eigenvalue weighted by Crippen LogP contribution is -2.41. The van der Waals surface area contributed by atoms with Gasteiger partial charge in [0.15, 0.2) is 0 Å². The fraction of sp³-hybridized carbons (Fsp3) is 0.353. The number of hydrazine groups is 2. The molecule has 1 unspecified atom stereocenters. The number of ether oxygens (including phenoxy) is 2. The van der Waals surface area contributed by atoms with Gasteiger partial charge in [0, 0.05) is 10.9 Å². The summed E-state index contributed by atoms with van der Waals surface area (Å²) in [7, 11) is 5.32. The van der Waals surface area contributed by atoms with E-state index in [9.17, 15) is 0 Å². The molecule has 0 aromatic heterocycles.